The fourth-order valence-electron chi connectivity index (χ4n) is 3.83. The summed E-state index contributed by atoms with van der Waals surface area (Å²) in [5.74, 6) is 1.06. The Morgan fingerprint density at radius 3 is 2.76 bits per heavy atom. The van der Waals surface area contributed by atoms with E-state index >= 15 is 0 Å². The summed E-state index contributed by atoms with van der Waals surface area (Å²) in [5, 5.41) is 4.62. The summed E-state index contributed by atoms with van der Waals surface area (Å²) in [7, 11) is 0. The molecule has 1 aliphatic carbocycles. The van der Waals surface area contributed by atoms with E-state index in [-0.39, 0.29) is 0 Å². The lowest BCUT2D eigenvalue weighted by Gasteiger charge is -2.38. The quantitative estimate of drug-likeness (QED) is 0.687. The molecule has 0 fully saturated rings. The number of fused-ring (bicyclic) bond motifs is 3. The summed E-state index contributed by atoms with van der Waals surface area (Å²) in [6.45, 7) is 2.14. The number of nitrogens with one attached hydrogen (secondary N) is 1. The summed E-state index contributed by atoms with van der Waals surface area (Å²) in [5.41, 5.74) is 5.22. The van der Waals surface area contributed by atoms with Crippen molar-refractivity contribution in [3.05, 3.63) is 76.3 Å². The van der Waals surface area contributed by atoms with Crippen LogP contribution in [0, 0.1) is 12.8 Å². The SMILES string of the molecule is Cc1cc(Cl)cc2c1N[C@H](c1ccccc1)[C@H]1CC=C[C@@H]21. The van der Waals surface area contributed by atoms with Gasteiger partial charge in [0.05, 0.1) is 6.04 Å². The Morgan fingerprint density at radius 2 is 1.95 bits per heavy atom. The molecular formula is C19H18ClN. The molecule has 4 rings (SSSR count). The van der Waals surface area contributed by atoms with Crippen LogP contribution in [0.15, 0.2) is 54.6 Å². The van der Waals surface area contributed by atoms with Crippen molar-refractivity contribution in [3.63, 3.8) is 0 Å². The highest BCUT2D eigenvalue weighted by Crippen LogP contribution is 2.51. The maximum absolute atomic E-state index is 6.27. The predicted molar refractivity (Wildman–Crippen MR) is 89.0 cm³/mol. The largest absolute Gasteiger partial charge is 0.377 e. The monoisotopic (exact) mass is 295 g/mol. The van der Waals surface area contributed by atoms with Crippen molar-refractivity contribution in [3.8, 4) is 0 Å². The topological polar surface area (TPSA) is 12.0 Å². The first kappa shape index (κ1) is 13.0. The summed E-state index contributed by atoms with van der Waals surface area (Å²) < 4.78 is 0. The van der Waals surface area contributed by atoms with E-state index in [4.69, 9.17) is 11.6 Å². The van der Waals surface area contributed by atoms with Gasteiger partial charge < -0.3 is 5.32 Å². The van der Waals surface area contributed by atoms with Crippen molar-refractivity contribution in [2.24, 2.45) is 5.92 Å². The van der Waals surface area contributed by atoms with Crippen LogP contribution in [0.4, 0.5) is 5.69 Å². The van der Waals surface area contributed by atoms with Gasteiger partial charge in [0.15, 0.2) is 0 Å². The first-order valence-corrected chi connectivity index (χ1v) is 7.90. The number of rotatable bonds is 1. The molecule has 2 aromatic carbocycles. The standard InChI is InChI=1S/C19H18ClN/c1-12-10-14(20)11-17-15-8-5-9-16(15)19(21-18(12)17)13-6-3-2-4-7-13/h2-8,10-11,15-16,19,21H,9H2,1H3/t15-,16+,19-/m1/s1. The molecule has 1 N–H and O–H groups in total. The number of anilines is 1. The van der Waals surface area contributed by atoms with Crippen LogP contribution in [0.2, 0.25) is 5.02 Å². The van der Waals surface area contributed by atoms with E-state index in [9.17, 15) is 0 Å². The molecule has 0 saturated carbocycles. The number of halogens is 1. The molecule has 106 valence electrons. The normalized spacial score (nSPS) is 26.1. The molecule has 2 aromatic rings. The molecular weight excluding hydrogens is 278 g/mol. The minimum absolute atomic E-state index is 0.374. The second kappa shape index (κ2) is 4.92. The maximum Gasteiger partial charge on any atom is 0.0554 e. The highest BCUT2D eigenvalue weighted by Gasteiger charge is 2.38. The molecule has 0 aromatic heterocycles. The van der Waals surface area contributed by atoms with Gasteiger partial charge in [0.25, 0.3) is 0 Å². The molecule has 0 unspecified atom stereocenters. The van der Waals surface area contributed by atoms with Crippen LogP contribution in [-0.4, -0.2) is 0 Å². The van der Waals surface area contributed by atoms with Gasteiger partial charge in [-0.3, -0.25) is 0 Å². The number of hydrogen-bond donors (Lipinski definition) is 1. The van der Waals surface area contributed by atoms with Gasteiger partial charge in [-0.15, -0.1) is 0 Å². The van der Waals surface area contributed by atoms with Gasteiger partial charge in [-0.2, -0.15) is 0 Å². The maximum atomic E-state index is 6.27. The molecule has 0 amide bonds. The molecule has 0 spiro atoms. The van der Waals surface area contributed by atoms with Crippen LogP contribution < -0.4 is 5.32 Å². The van der Waals surface area contributed by atoms with E-state index in [1.165, 1.54) is 22.4 Å². The highest BCUT2D eigenvalue weighted by atomic mass is 35.5. The number of hydrogen-bond acceptors (Lipinski definition) is 1. The Balaban J connectivity index is 1.84. The van der Waals surface area contributed by atoms with E-state index in [1.54, 1.807) is 0 Å². The zero-order chi connectivity index (χ0) is 14.4. The van der Waals surface area contributed by atoms with Crippen LogP contribution in [-0.2, 0) is 0 Å². The fraction of sp³-hybridized carbons (Fsp3) is 0.263. The van der Waals surface area contributed by atoms with Gasteiger partial charge >= 0.3 is 0 Å². The molecule has 21 heavy (non-hydrogen) atoms. The van der Waals surface area contributed by atoms with Crippen molar-refractivity contribution in [2.45, 2.75) is 25.3 Å². The van der Waals surface area contributed by atoms with E-state index in [2.05, 4.69) is 66.9 Å². The van der Waals surface area contributed by atoms with Gasteiger partial charge in [0.1, 0.15) is 0 Å². The average Bonchev–Trinajstić information content (AvgIpc) is 2.97. The third-order valence-electron chi connectivity index (χ3n) is 4.79. The van der Waals surface area contributed by atoms with Crippen molar-refractivity contribution < 1.29 is 0 Å². The molecule has 1 heterocycles. The molecule has 0 bridgehead atoms. The molecule has 1 aliphatic heterocycles. The van der Waals surface area contributed by atoms with Crippen LogP contribution in [0.25, 0.3) is 0 Å². The Labute approximate surface area is 130 Å². The predicted octanol–water partition coefficient (Wildman–Crippen LogP) is 5.47. The van der Waals surface area contributed by atoms with Crippen LogP contribution in [0.5, 0.6) is 0 Å². The van der Waals surface area contributed by atoms with Gasteiger partial charge in [0, 0.05) is 16.6 Å². The molecule has 3 atom stereocenters. The Bertz CT molecular complexity index is 705. The van der Waals surface area contributed by atoms with Crippen molar-refractivity contribution in [1.82, 2.24) is 0 Å². The fourth-order valence-corrected chi connectivity index (χ4v) is 4.11. The summed E-state index contributed by atoms with van der Waals surface area (Å²) >= 11 is 6.27. The summed E-state index contributed by atoms with van der Waals surface area (Å²) in [6, 6.07) is 15.3. The van der Waals surface area contributed by atoms with Gasteiger partial charge in [-0.25, -0.2) is 0 Å². The second-order valence-corrected chi connectivity index (χ2v) is 6.51. The first-order chi connectivity index (χ1) is 10.2. The minimum atomic E-state index is 0.374. The zero-order valence-corrected chi connectivity index (χ0v) is 12.8. The number of allylic oxidation sites excluding steroid dienone is 2. The second-order valence-electron chi connectivity index (χ2n) is 6.07. The zero-order valence-electron chi connectivity index (χ0n) is 12.0. The minimum Gasteiger partial charge on any atom is -0.377 e. The molecule has 0 saturated heterocycles. The van der Waals surface area contributed by atoms with Crippen molar-refractivity contribution in [2.75, 3.05) is 5.32 Å². The summed E-state index contributed by atoms with van der Waals surface area (Å²) in [6.07, 6.45) is 5.80. The molecule has 1 nitrogen and oxygen atoms in total. The average molecular weight is 296 g/mol. The van der Waals surface area contributed by atoms with E-state index in [0.29, 0.717) is 17.9 Å². The molecule has 0 radical (unpaired) electrons. The number of benzene rings is 2. The lowest BCUT2D eigenvalue weighted by atomic mass is 9.76. The lowest BCUT2D eigenvalue weighted by Crippen LogP contribution is -2.29. The van der Waals surface area contributed by atoms with Gasteiger partial charge in [-0.1, -0.05) is 54.1 Å². The number of aryl methyl sites for hydroxylation is 1. The molecule has 2 heteroatoms. The van der Waals surface area contributed by atoms with Crippen molar-refractivity contribution >= 4 is 17.3 Å². The third-order valence-corrected chi connectivity index (χ3v) is 5.01. The van der Waals surface area contributed by atoms with Crippen LogP contribution in [0.1, 0.15) is 35.1 Å². The van der Waals surface area contributed by atoms with Crippen LogP contribution in [0.3, 0.4) is 0 Å². The Morgan fingerprint density at radius 1 is 1.14 bits per heavy atom. The van der Waals surface area contributed by atoms with Crippen LogP contribution >= 0.6 is 11.6 Å². The van der Waals surface area contributed by atoms with E-state index in [1.807, 2.05) is 0 Å². The molecule has 2 aliphatic rings. The Kier molecular flexibility index (Phi) is 3.04. The van der Waals surface area contributed by atoms with E-state index < -0.39 is 0 Å². The van der Waals surface area contributed by atoms with E-state index in [0.717, 1.165) is 11.4 Å². The van der Waals surface area contributed by atoms with Gasteiger partial charge in [-0.05, 0) is 48.1 Å². The first-order valence-electron chi connectivity index (χ1n) is 7.52. The smallest absolute Gasteiger partial charge is 0.0554 e. The Hall–Kier alpha value is -1.73. The summed E-state index contributed by atoms with van der Waals surface area (Å²) in [4.78, 5) is 0. The highest BCUT2D eigenvalue weighted by molar-refractivity contribution is 6.30. The lowest BCUT2D eigenvalue weighted by molar-refractivity contribution is 0.425. The van der Waals surface area contributed by atoms with Crippen molar-refractivity contribution in [1.29, 1.82) is 0 Å². The van der Waals surface area contributed by atoms with Gasteiger partial charge in [0.2, 0.25) is 0 Å². The third kappa shape index (κ3) is 2.08.